The van der Waals surface area contributed by atoms with Crippen LogP contribution in [0.3, 0.4) is 0 Å². The van der Waals surface area contributed by atoms with Crippen LogP contribution in [-0.4, -0.2) is 43.1 Å². The molecule has 5 aromatic rings. The molecule has 0 radical (unpaired) electrons. The molecule has 0 saturated carbocycles. The summed E-state index contributed by atoms with van der Waals surface area (Å²) in [5.74, 6) is -2.74. The predicted molar refractivity (Wildman–Crippen MR) is 161 cm³/mol. The van der Waals surface area contributed by atoms with Crippen LogP contribution in [0.1, 0.15) is 33.3 Å². The summed E-state index contributed by atoms with van der Waals surface area (Å²) in [7, 11) is -2.40. The summed E-state index contributed by atoms with van der Waals surface area (Å²) >= 11 is 0. The Balaban J connectivity index is 1.65. The molecule has 0 aliphatic carbocycles. The number of halogens is 2. The number of hydrogen-bond acceptors (Lipinski definition) is 7. The van der Waals surface area contributed by atoms with Gasteiger partial charge in [-0.25, -0.2) is 22.2 Å². The molecule has 13 heteroatoms. The second-order valence-corrected chi connectivity index (χ2v) is 11.7. The number of carbonyl (C=O) groups excluding carboxylic acids is 2. The Hall–Kier alpha value is -5.30. The zero-order chi connectivity index (χ0) is 31.6. The van der Waals surface area contributed by atoms with Gasteiger partial charge in [0.2, 0.25) is 10.0 Å². The molecular formula is C31H26F2N4O6S. The van der Waals surface area contributed by atoms with Crippen molar-refractivity contribution in [2.24, 2.45) is 0 Å². The zero-order valence-corrected chi connectivity index (χ0v) is 24.3. The van der Waals surface area contributed by atoms with Gasteiger partial charge in [-0.3, -0.25) is 14.3 Å². The number of anilines is 1. The molecule has 10 nitrogen and oxygen atoms in total. The van der Waals surface area contributed by atoms with Gasteiger partial charge in [-0.05, 0) is 67.1 Å². The van der Waals surface area contributed by atoms with Gasteiger partial charge in [0.25, 0.3) is 11.8 Å². The van der Waals surface area contributed by atoms with E-state index < -0.39 is 39.2 Å². The van der Waals surface area contributed by atoms with E-state index in [2.05, 4.69) is 20.3 Å². The third-order valence-electron chi connectivity index (χ3n) is 6.77. The number of benzene rings is 3. The Kier molecular flexibility index (Phi) is 8.32. The number of aromatic hydroxyl groups is 1. The van der Waals surface area contributed by atoms with E-state index >= 15 is 0 Å². The van der Waals surface area contributed by atoms with E-state index in [1.165, 1.54) is 86.8 Å². The minimum atomic E-state index is -3.83. The molecule has 0 fully saturated rings. The van der Waals surface area contributed by atoms with Gasteiger partial charge in [-0.1, -0.05) is 12.1 Å². The number of nitrogens with one attached hydrogen (secondary N) is 3. The van der Waals surface area contributed by atoms with Crippen molar-refractivity contribution < 1.29 is 36.3 Å². The summed E-state index contributed by atoms with van der Waals surface area (Å²) in [6, 6.07) is 16.3. The third kappa shape index (κ3) is 6.22. The van der Waals surface area contributed by atoms with Crippen LogP contribution in [0.5, 0.6) is 5.75 Å². The monoisotopic (exact) mass is 620 g/mol. The van der Waals surface area contributed by atoms with Crippen LogP contribution in [0.4, 0.5) is 14.5 Å². The number of aromatic nitrogens is 1. The van der Waals surface area contributed by atoms with E-state index in [1.807, 2.05) is 0 Å². The number of carbonyl (C=O) groups is 2. The quantitative estimate of drug-likeness (QED) is 0.177. The Bertz CT molecular complexity index is 1990. The Morgan fingerprint density at radius 2 is 1.59 bits per heavy atom. The summed E-state index contributed by atoms with van der Waals surface area (Å²) in [4.78, 5) is 30.4. The fourth-order valence-electron chi connectivity index (χ4n) is 4.47. The second-order valence-electron chi connectivity index (χ2n) is 9.67. The molecule has 2 aromatic heterocycles. The molecule has 0 saturated heterocycles. The van der Waals surface area contributed by atoms with Crippen LogP contribution in [-0.2, 0) is 16.6 Å². The maximum Gasteiger partial charge on any atom is 0.274 e. The standard InChI is InChI=1S/C31H26F2N4O6S/c1-3-44(41,42)37-24-15-26-22(27(30(39)34-2)29(43-26)18-6-10-20(33)11-7-18)14-21(24)23-12-13-25(38)28(36-23)31(40)35-16-17-4-8-19(32)9-5-17/h4-15,37-38H,3,16H2,1-2H3,(H,34,39)(H,35,40). The van der Waals surface area contributed by atoms with Crippen LogP contribution >= 0.6 is 0 Å². The average molecular weight is 621 g/mol. The van der Waals surface area contributed by atoms with Crippen molar-refractivity contribution in [1.29, 1.82) is 0 Å². The molecule has 2 heterocycles. The average Bonchev–Trinajstić information content (AvgIpc) is 3.38. The van der Waals surface area contributed by atoms with E-state index in [0.29, 0.717) is 11.1 Å². The van der Waals surface area contributed by atoms with E-state index in [4.69, 9.17) is 4.42 Å². The van der Waals surface area contributed by atoms with Gasteiger partial charge < -0.3 is 20.2 Å². The SMILES string of the molecule is CCS(=O)(=O)Nc1cc2oc(-c3ccc(F)cc3)c(C(=O)NC)c2cc1-c1ccc(O)c(C(=O)NCc2ccc(F)cc2)n1. The Morgan fingerprint density at radius 1 is 0.932 bits per heavy atom. The van der Waals surface area contributed by atoms with Gasteiger partial charge in [-0.15, -0.1) is 0 Å². The summed E-state index contributed by atoms with van der Waals surface area (Å²) < 4.78 is 60.7. The summed E-state index contributed by atoms with van der Waals surface area (Å²) in [6.45, 7) is 1.47. The number of hydrogen-bond donors (Lipinski definition) is 4. The molecule has 5 rings (SSSR count). The van der Waals surface area contributed by atoms with Crippen molar-refractivity contribution in [3.05, 3.63) is 101 Å². The van der Waals surface area contributed by atoms with E-state index in [9.17, 15) is 31.9 Å². The largest absolute Gasteiger partial charge is 0.505 e. The number of rotatable bonds is 9. The summed E-state index contributed by atoms with van der Waals surface area (Å²) in [5, 5.41) is 15.9. The molecule has 0 aliphatic rings. The number of furan rings is 1. The van der Waals surface area contributed by atoms with Gasteiger partial charge in [0.05, 0.1) is 22.7 Å². The van der Waals surface area contributed by atoms with Crippen LogP contribution in [0, 0.1) is 11.6 Å². The van der Waals surface area contributed by atoms with Crippen molar-refractivity contribution >= 4 is 38.5 Å². The van der Waals surface area contributed by atoms with Crippen LogP contribution in [0.15, 0.2) is 77.2 Å². The Labute approximate surface area is 250 Å². The van der Waals surface area contributed by atoms with Gasteiger partial charge in [0, 0.05) is 36.2 Å². The molecule has 44 heavy (non-hydrogen) atoms. The highest BCUT2D eigenvalue weighted by molar-refractivity contribution is 7.92. The maximum atomic E-state index is 13.6. The first-order valence-electron chi connectivity index (χ1n) is 13.3. The number of pyridine rings is 1. The number of amides is 2. The lowest BCUT2D eigenvalue weighted by atomic mass is 10.0. The smallest absolute Gasteiger partial charge is 0.274 e. The number of nitrogens with zero attached hydrogens (tertiary/aromatic N) is 1. The fourth-order valence-corrected chi connectivity index (χ4v) is 5.12. The molecule has 2 amide bonds. The van der Waals surface area contributed by atoms with Gasteiger partial charge in [0.1, 0.15) is 28.7 Å². The Morgan fingerprint density at radius 3 is 2.23 bits per heavy atom. The molecular weight excluding hydrogens is 594 g/mol. The van der Waals surface area contributed by atoms with Crippen molar-refractivity contribution in [2.45, 2.75) is 13.5 Å². The minimum Gasteiger partial charge on any atom is -0.505 e. The molecule has 0 unspecified atom stereocenters. The molecule has 4 N–H and O–H groups in total. The maximum absolute atomic E-state index is 13.6. The van der Waals surface area contributed by atoms with Crippen LogP contribution < -0.4 is 15.4 Å². The van der Waals surface area contributed by atoms with Crippen LogP contribution in [0.2, 0.25) is 0 Å². The molecule has 226 valence electrons. The minimum absolute atomic E-state index is 0.0225. The van der Waals surface area contributed by atoms with Crippen molar-refractivity contribution in [3.63, 3.8) is 0 Å². The zero-order valence-electron chi connectivity index (χ0n) is 23.4. The normalized spacial score (nSPS) is 11.4. The molecule has 0 aliphatic heterocycles. The van der Waals surface area contributed by atoms with Crippen molar-refractivity contribution in [3.8, 4) is 28.3 Å². The lowest BCUT2D eigenvalue weighted by Crippen LogP contribution is -2.24. The fraction of sp³-hybridized carbons (Fsp3) is 0.129. The number of fused-ring (bicyclic) bond motifs is 1. The van der Waals surface area contributed by atoms with Gasteiger partial charge in [0.15, 0.2) is 5.69 Å². The van der Waals surface area contributed by atoms with Gasteiger partial charge >= 0.3 is 0 Å². The molecule has 0 atom stereocenters. The van der Waals surface area contributed by atoms with Crippen LogP contribution in [0.25, 0.3) is 33.6 Å². The topological polar surface area (TPSA) is 151 Å². The molecule has 0 bridgehead atoms. The van der Waals surface area contributed by atoms with Gasteiger partial charge in [-0.2, -0.15) is 0 Å². The third-order valence-corrected chi connectivity index (χ3v) is 8.06. The summed E-state index contributed by atoms with van der Waals surface area (Å²) in [5.41, 5.74) is 1.24. The lowest BCUT2D eigenvalue weighted by Gasteiger charge is -2.14. The highest BCUT2D eigenvalue weighted by atomic mass is 32.2. The first kappa shape index (κ1) is 30.2. The first-order chi connectivity index (χ1) is 21.0. The highest BCUT2D eigenvalue weighted by Gasteiger charge is 2.25. The predicted octanol–water partition coefficient (Wildman–Crippen LogP) is 5.20. The molecule has 0 spiro atoms. The van der Waals surface area contributed by atoms with Crippen molar-refractivity contribution in [2.75, 3.05) is 17.5 Å². The van der Waals surface area contributed by atoms with E-state index in [1.54, 1.807) is 0 Å². The highest BCUT2D eigenvalue weighted by Crippen LogP contribution is 2.40. The second kappa shape index (κ2) is 12.1. The molecule has 3 aromatic carbocycles. The summed E-state index contributed by atoms with van der Waals surface area (Å²) in [6.07, 6.45) is 0. The number of sulfonamides is 1. The van der Waals surface area contributed by atoms with Crippen molar-refractivity contribution in [1.82, 2.24) is 15.6 Å². The van der Waals surface area contributed by atoms with E-state index in [-0.39, 0.29) is 57.2 Å². The first-order valence-corrected chi connectivity index (χ1v) is 15.0. The lowest BCUT2D eigenvalue weighted by molar-refractivity contribution is 0.0940. The van der Waals surface area contributed by atoms with E-state index in [0.717, 1.165) is 0 Å².